The van der Waals surface area contributed by atoms with Gasteiger partial charge in [0.2, 0.25) is 0 Å². The zero-order valence-corrected chi connectivity index (χ0v) is 73.5. The van der Waals surface area contributed by atoms with Crippen LogP contribution in [-0.2, 0) is 128 Å². The summed E-state index contributed by atoms with van der Waals surface area (Å²) in [5.74, 6) is -23.7. The number of carboxylic acid groups (broad SMARTS) is 6. The summed E-state index contributed by atoms with van der Waals surface area (Å²) < 4.78 is 118. The van der Waals surface area contributed by atoms with Gasteiger partial charge in [-0.15, -0.1) is 0 Å². The molecule has 0 bridgehead atoms. The van der Waals surface area contributed by atoms with Crippen molar-refractivity contribution >= 4 is 35.8 Å². The van der Waals surface area contributed by atoms with Gasteiger partial charge in [-0.1, -0.05) is 0 Å². The van der Waals surface area contributed by atoms with Crippen LogP contribution in [0.25, 0.3) is 0 Å². The first-order valence-electron chi connectivity index (χ1n) is 43.7. The Hall–Kier alpha value is -5.42. The molecule has 42 N–H and O–H groups in total. The van der Waals surface area contributed by atoms with Gasteiger partial charge in [0, 0.05) is 19.3 Å². The maximum atomic E-state index is 13.6. The molecular formula is C75H119NO67. The molecule has 0 saturated carbocycles. The lowest BCUT2D eigenvalue weighted by molar-refractivity contribution is -0.417. The first-order valence-corrected chi connectivity index (χ1v) is 43.7. The molecule has 0 aliphatic carbocycles. The fourth-order valence-electron chi connectivity index (χ4n) is 17.6. The van der Waals surface area contributed by atoms with Crippen molar-refractivity contribution in [2.45, 2.75) is 374 Å². The Labute approximate surface area is 798 Å². The number of carbonyl (C=O) groups is 6. The van der Waals surface area contributed by atoms with Gasteiger partial charge in [0.25, 0.3) is 17.4 Å². The van der Waals surface area contributed by atoms with Gasteiger partial charge in [-0.05, 0) is 0 Å². The standard InChI is InChI=1S/C75H119NO67/c76-23-28(93)26(91)22(11-126-74(71(118)119)1-12(81)24(89)47(142-74)14(83)4-77)127-62(23)134-53-36(101)41(106)67(139-58(53)61(114)115)133-52-42(107)46(19(88)9-123-63-37(102)30(95)33(98)45(129-63)18(87)8-124-64-38(103)31(96)34(99)55(136-64)59(110)111)130-68(43(52)108)135-54-44(109)69(132-51-20(3-73(122,70(116)117)141-50(51)17(86)7-80)140-75(72(120)121)2-13(82)25(90)48(143-75)15(84)5-78)131-49(16(85)6-79)57(54)138-66-40(105)29(94)27(92)21(128-66)10-125-65-39(104)32(97)35(100)56(137-65)60(112)113/h12-58,62-69,77-109,122H,1-11,76H2,(H,110,111)(H,112,113)(H,114,115)(H,116,117)(H,118,119)(H,120,121)/t12-,13-,14-,15-,16+,17-,18+,19+,20-,21-,22-,23-,24-,25-,26-,27-,28-,29+,30+,31+,32+,33+,34-,35-,36-,37+,38-,39-,40-,41-,42-,43+,44+,45-,46-,47-,48-,49-,50-,51-,52+,53-,54-,55+,56+,57-,58+,62-,63+,64-,65-,66+,67+,68-,69-,73-,74-,75-/m1/s1. The predicted molar refractivity (Wildman–Crippen MR) is 418 cm³/mol. The van der Waals surface area contributed by atoms with Gasteiger partial charge in [-0.2, -0.15) is 0 Å². The van der Waals surface area contributed by atoms with Gasteiger partial charge in [0.1, 0.15) is 244 Å². The molecule has 0 amide bonds. The molecule has 11 saturated heterocycles. The van der Waals surface area contributed by atoms with Crippen LogP contribution in [0.5, 0.6) is 0 Å². The maximum absolute atomic E-state index is 13.6. The molecular weight excluding hydrogens is 1990 g/mol. The predicted octanol–water partition coefficient (Wildman–Crippen LogP) is -27.1. The summed E-state index contributed by atoms with van der Waals surface area (Å²) in [5.41, 5.74) is 6.17. The molecule has 11 rings (SSSR count). The lowest BCUT2D eigenvalue weighted by Crippen LogP contribution is -2.71. The van der Waals surface area contributed by atoms with Crippen molar-refractivity contribution < 1.29 is 333 Å². The summed E-state index contributed by atoms with van der Waals surface area (Å²) in [6.07, 6.45) is -144. The molecule has 68 heteroatoms. The van der Waals surface area contributed by atoms with Crippen molar-refractivity contribution in [3.63, 3.8) is 0 Å². The average molecular weight is 2110 g/mol. The topological polar surface area (TPSA) is 1130 Å². The highest BCUT2D eigenvalue weighted by Gasteiger charge is 2.67. The van der Waals surface area contributed by atoms with Crippen molar-refractivity contribution in [2.75, 3.05) is 52.9 Å². The van der Waals surface area contributed by atoms with E-state index in [0.29, 0.717) is 0 Å². The van der Waals surface area contributed by atoms with Crippen LogP contribution in [-0.4, -0.2) is 647 Å². The molecule has 68 nitrogen and oxygen atoms in total. The summed E-state index contributed by atoms with van der Waals surface area (Å²) in [6, 6.07) is -2.12. The van der Waals surface area contributed by atoms with E-state index in [9.17, 15) is 233 Å². The van der Waals surface area contributed by atoms with Crippen LogP contribution in [0.3, 0.4) is 0 Å². The van der Waals surface area contributed by atoms with Gasteiger partial charge >= 0.3 is 35.8 Å². The van der Waals surface area contributed by atoms with Crippen molar-refractivity contribution in [1.29, 1.82) is 0 Å². The average Bonchev–Trinajstić information content (AvgIpc) is 0.742. The van der Waals surface area contributed by atoms with Gasteiger partial charge < -0.3 is 309 Å². The first kappa shape index (κ1) is 118. The lowest BCUT2D eigenvalue weighted by Gasteiger charge is -2.53. The summed E-state index contributed by atoms with van der Waals surface area (Å²) in [7, 11) is 0. The molecule has 0 unspecified atom stereocenters. The number of hydrogen-bond donors (Lipinski definition) is 41. The molecule has 11 fully saturated rings. The van der Waals surface area contributed by atoms with Crippen molar-refractivity contribution in [3.8, 4) is 0 Å². The number of carboxylic acids is 6. The molecule has 0 aromatic rings. The van der Waals surface area contributed by atoms with E-state index >= 15 is 0 Å². The van der Waals surface area contributed by atoms with E-state index < -0.39 is 462 Å². The molecule has 826 valence electrons. The third kappa shape index (κ3) is 24.7. The summed E-state index contributed by atoms with van der Waals surface area (Å²) >= 11 is 0. The largest absolute Gasteiger partial charge is 0.479 e. The zero-order valence-electron chi connectivity index (χ0n) is 73.5. The van der Waals surface area contributed by atoms with Crippen molar-refractivity contribution in [1.82, 2.24) is 0 Å². The lowest BCUT2D eigenvalue weighted by atomic mass is 9.89. The zero-order chi connectivity index (χ0) is 106. The monoisotopic (exact) mass is 2110 g/mol. The van der Waals surface area contributed by atoms with Crippen LogP contribution in [0, 0.1) is 0 Å². The Kier molecular flexibility index (Phi) is 39.9. The molecule has 0 aromatic carbocycles. The van der Waals surface area contributed by atoms with Crippen LogP contribution in [0.1, 0.15) is 19.3 Å². The molecule has 58 atom stereocenters. The fraction of sp³-hybridized carbons (Fsp3) is 0.920. The Balaban J connectivity index is 0.977. The van der Waals surface area contributed by atoms with Crippen LogP contribution >= 0.6 is 0 Å². The minimum atomic E-state index is -3.82. The Bertz CT molecular complexity index is 4130. The van der Waals surface area contributed by atoms with E-state index in [2.05, 4.69) is 0 Å². The maximum Gasteiger partial charge on any atom is 0.364 e. The van der Waals surface area contributed by atoms with Crippen LogP contribution in [0.4, 0.5) is 0 Å². The summed E-state index contributed by atoms with van der Waals surface area (Å²) in [4.78, 5) is 76.8. The quantitative estimate of drug-likeness (QED) is 0.0271. The number of rotatable bonds is 40. The number of ether oxygens (including phenoxy) is 21. The van der Waals surface area contributed by atoms with Crippen LogP contribution in [0.15, 0.2) is 0 Å². The highest BCUT2D eigenvalue weighted by molar-refractivity contribution is 5.78. The molecule has 11 aliphatic heterocycles. The SMILES string of the molecule is N[C@H]1[C@@H](O[C@@H]2[C@H](O)[C@@H](O)[C@@H](O[C@@H]3[C@H](O)[C@@H](O[C@@H]4[C@H](O)[C@@H](O[C@H]5[C@@H]([C@H](O)CO)O[C@@](O)(C(=O)O)C[C@H]5O[C@]5(C(=O)O)C[C@@H](O)[C@@H](O)[C@@H]([C@H](O)CO)O5)O[C@H]([C@@H](O)CO)[C@H]4O[C@@H]4O[C@H](CO[C@@H]5O[C@H](C(=O)O)[C@H](O)[C@H](O)[C@H]5O)[C@@H](O)[C@H](O)[C@H]4O)O[C@H]([C@@H](O)CO[C@H]4O[C@H]([C@@H](O)CO[C@@H]5O[C@H](C(=O)O)[C@H](O)[C@H](O)[C@H]5O)[C@@H](O)[C@H](O)[C@@H]4O)[C@H]3O)O[C@@H]2C(=O)O)O[C@H](CO[C@]2(C(=O)O)C[C@@H](O)[C@@H](O)[C@@H]([C@H](O)CO)O2)[C@@H](O)[C@@H]1O. The van der Waals surface area contributed by atoms with Crippen LogP contribution < -0.4 is 5.73 Å². The van der Waals surface area contributed by atoms with Crippen LogP contribution in [0.2, 0.25) is 0 Å². The van der Waals surface area contributed by atoms with E-state index in [4.69, 9.17) is 105 Å². The third-order valence-corrected chi connectivity index (χ3v) is 25.7. The molecule has 0 spiro atoms. The Morgan fingerprint density at radius 2 is 0.657 bits per heavy atom. The van der Waals surface area contributed by atoms with Crippen molar-refractivity contribution in [2.24, 2.45) is 5.73 Å². The van der Waals surface area contributed by atoms with E-state index in [-0.39, 0.29) is 0 Å². The molecule has 11 aliphatic rings. The first-order chi connectivity index (χ1) is 66.9. The molecule has 11 heterocycles. The van der Waals surface area contributed by atoms with Gasteiger partial charge in [0.05, 0.1) is 77.2 Å². The van der Waals surface area contributed by atoms with Crippen molar-refractivity contribution in [3.05, 3.63) is 0 Å². The second-order valence-corrected chi connectivity index (χ2v) is 35.5. The number of aliphatic carboxylic acids is 6. The fourth-order valence-corrected chi connectivity index (χ4v) is 17.6. The van der Waals surface area contributed by atoms with Gasteiger partial charge in [-0.3, -0.25) is 0 Å². The van der Waals surface area contributed by atoms with E-state index in [1.165, 1.54) is 0 Å². The number of nitrogens with two attached hydrogens (primary N) is 1. The highest BCUT2D eigenvalue weighted by atomic mass is 16.8. The summed E-state index contributed by atoms with van der Waals surface area (Å²) in [6.45, 7) is -11.5. The second-order valence-electron chi connectivity index (χ2n) is 35.5. The van der Waals surface area contributed by atoms with Gasteiger partial charge in [-0.25, -0.2) is 28.8 Å². The van der Waals surface area contributed by atoms with Gasteiger partial charge in [0.15, 0.2) is 68.6 Å². The van der Waals surface area contributed by atoms with E-state index in [1.54, 1.807) is 0 Å². The smallest absolute Gasteiger partial charge is 0.364 e. The minimum Gasteiger partial charge on any atom is -0.479 e. The molecule has 143 heavy (non-hydrogen) atoms. The normalized spacial score (nSPS) is 48.8. The van der Waals surface area contributed by atoms with E-state index in [1.807, 2.05) is 0 Å². The summed E-state index contributed by atoms with van der Waals surface area (Å²) in [5, 5.41) is 443. The van der Waals surface area contributed by atoms with E-state index in [0.717, 1.165) is 0 Å². The third-order valence-electron chi connectivity index (χ3n) is 25.7. The second kappa shape index (κ2) is 48.5. The highest BCUT2D eigenvalue weighted by Crippen LogP contribution is 2.46. The number of aliphatic hydroxyl groups excluding tert-OH is 33. The molecule has 0 aromatic heterocycles. The Morgan fingerprint density at radius 1 is 0.294 bits per heavy atom. The minimum absolute atomic E-state index is 1.17. The molecule has 0 radical (unpaired) electrons. The number of hydrogen-bond acceptors (Lipinski definition) is 62. The number of aliphatic hydroxyl groups is 34. The Morgan fingerprint density at radius 3 is 1.16 bits per heavy atom.